The summed E-state index contributed by atoms with van der Waals surface area (Å²) in [4.78, 5) is 0. The van der Waals surface area contributed by atoms with Crippen molar-refractivity contribution in [2.75, 3.05) is 0 Å². The molecule has 22 heavy (non-hydrogen) atoms. The molecule has 0 radical (unpaired) electrons. The van der Waals surface area contributed by atoms with Crippen LogP contribution < -0.4 is 0 Å². The number of ether oxygens (including phenoxy) is 2. The SMILES string of the molecule is C[C@]12CC[C@H]3[C@@H](CC[C@H]4C[C@@H]5O[C@@H]5C[C@@]43C)[C@@H]1[C@H](O)[C@H]1O[C@H]12. The Kier molecular flexibility index (Phi) is 2.25. The van der Waals surface area contributed by atoms with Crippen molar-refractivity contribution in [1.82, 2.24) is 0 Å². The smallest absolute Gasteiger partial charge is 0.111 e. The second-order valence-corrected chi connectivity index (χ2v) is 9.79. The summed E-state index contributed by atoms with van der Waals surface area (Å²) < 4.78 is 11.7. The second kappa shape index (κ2) is 3.75. The fourth-order valence-electron chi connectivity index (χ4n) is 7.89. The molecule has 2 aliphatic heterocycles. The molecule has 0 aromatic rings. The molecule has 2 saturated heterocycles. The molecule has 6 aliphatic rings. The number of hydrogen-bond acceptors (Lipinski definition) is 3. The molecule has 3 heteroatoms. The van der Waals surface area contributed by atoms with Gasteiger partial charge in [0.25, 0.3) is 0 Å². The Morgan fingerprint density at radius 1 is 1.00 bits per heavy atom. The molecule has 0 amide bonds. The predicted octanol–water partition coefficient (Wildman–Crippen LogP) is 2.75. The van der Waals surface area contributed by atoms with Gasteiger partial charge in [0.2, 0.25) is 0 Å². The van der Waals surface area contributed by atoms with E-state index in [-0.39, 0.29) is 17.6 Å². The van der Waals surface area contributed by atoms with Crippen LogP contribution >= 0.6 is 0 Å². The van der Waals surface area contributed by atoms with E-state index < -0.39 is 0 Å². The number of aliphatic hydroxyl groups excluding tert-OH is 1. The second-order valence-electron chi connectivity index (χ2n) is 9.79. The monoisotopic (exact) mass is 304 g/mol. The average Bonchev–Trinajstić information content (AvgIpc) is 3.36. The first-order valence-electron chi connectivity index (χ1n) is 9.51. The number of fused-ring (bicyclic) bond motifs is 8. The van der Waals surface area contributed by atoms with Crippen LogP contribution in [0.25, 0.3) is 0 Å². The van der Waals surface area contributed by atoms with Gasteiger partial charge in [-0.1, -0.05) is 13.8 Å². The number of hydrogen-bond donors (Lipinski definition) is 1. The van der Waals surface area contributed by atoms with Crippen LogP contribution in [0.3, 0.4) is 0 Å². The van der Waals surface area contributed by atoms with E-state index in [2.05, 4.69) is 13.8 Å². The lowest BCUT2D eigenvalue weighted by molar-refractivity contribution is -0.142. The van der Waals surface area contributed by atoms with Crippen molar-refractivity contribution < 1.29 is 14.6 Å². The van der Waals surface area contributed by atoms with Crippen LogP contribution in [0, 0.1) is 34.5 Å². The minimum Gasteiger partial charge on any atom is -0.390 e. The minimum absolute atomic E-state index is 0.168. The molecule has 2 heterocycles. The van der Waals surface area contributed by atoms with Gasteiger partial charge >= 0.3 is 0 Å². The zero-order valence-electron chi connectivity index (χ0n) is 13.7. The first kappa shape index (κ1) is 13.2. The zero-order valence-corrected chi connectivity index (χ0v) is 13.7. The van der Waals surface area contributed by atoms with Gasteiger partial charge in [-0.15, -0.1) is 0 Å². The van der Waals surface area contributed by atoms with Crippen molar-refractivity contribution in [2.24, 2.45) is 34.5 Å². The first-order valence-corrected chi connectivity index (χ1v) is 9.51. The largest absolute Gasteiger partial charge is 0.390 e. The lowest BCUT2D eigenvalue weighted by Gasteiger charge is -2.60. The molecule has 4 aliphatic carbocycles. The summed E-state index contributed by atoms with van der Waals surface area (Å²) in [5.74, 6) is 2.89. The van der Waals surface area contributed by atoms with Gasteiger partial charge in [0, 0.05) is 5.41 Å². The summed E-state index contributed by atoms with van der Waals surface area (Å²) in [6.45, 7) is 4.97. The van der Waals surface area contributed by atoms with E-state index in [0.29, 0.717) is 29.6 Å². The van der Waals surface area contributed by atoms with E-state index in [0.717, 1.165) is 17.8 Å². The van der Waals surface area contributed by atoms with Gasteiger partial charge in [0.15, 0.2) is 0 Å². The van der Waals surface area contributed by atoms with Crippen LogP contribution in [0.4, 0.5) is 0 Å². The summed E-state index contributed by atoms with van der Waals surface area (Å²) in [7, 11) is 0. The molecule has 6 rings (SSSR count). The van der Waals surface area contributed by atoms with Crippen LogP contribution in [0.2, 0.25) is 0 Å². The summed E-state index contributed by atoms with van der Waals surface area (Å²) in [6.07, 6.45) is 9.39. The Balaban J connectivity index is 1.37. The van der Waals surface area contributed by atoms with Crippen LogP contribution in [0.15, 0.2) is 0 Å². The molecule has 0 aromatic heterocycles. The van der Waals surface area contributed by atoms with Gasteiger partial charge < -0.3 is 14.6 Å². The molecule has 4 saturated carbocycles. The maximum absolute atomic E-state index is 10.8. The number of rotatable bonds is 0. The van der Waals surface area contributed by atoms with Gasteiger partial charge in [-0.2, -0.15) is 0 Å². The Hall–Kier alpha value is -0.120. The van der Waals surface area contributed by atoms with E-state index >= 15 is 0 Å². The van der Waals surface area contributed by atoms with Gasteiger partial charge in [0.05, 0.1) is 24.4 Å². The average molecular weight is 304 g/mol. The number of aliphatic hydroxyl groups is 1. The molecule has 0 unspecified atom stereocenters. The standard InChI is InChI=1S/C19H28O3/c1-18-6-5-11-10(14(18)15(20)16-17(18)22-16)4-3-9-7-12-13(21-12)8-19(9,11)2/h9-17,20H,3-8H2,1-2H3/t9-,10+,11-,12-,13+,14+,15-,16+,17+,18-,19-/m0/s1. The Morgan fingerprint density at radius 3 is 2.73 bits per heavy atom. The Bertz CT molecular complexity index is 535. The van der Waals surface area contributed by atoms with Crippen LogP contribution in [-0.2, 0) is 9.47 Å². The lowest BCUT2D eigenvalue weighted by Crippen LogP contribution is -2.55. The maximum Gasteiger partial charge on any atom is 0.111 e. The summed E-state index contributed by atoms with van der Waals surface area (Å²) in [5.41, 5.74) is 0.719. The molecule has 6 fully saturated rings. The van der Waals surface area contributed by atoms with Crippen LogP contribution in [0.1, 0.15) is 52.4 Å². The van der Waals surface area contributed by atoms with Gasteiger partial charge in [0.1, 0.15) is 6.10 Å². The van der Waals surface area contributed by atoms with Crippen molar-refractivity contribution in [2.45, 2.75) is 82.9 Å². The van der Waals surface area contributed by atoms with Crippen LogP contribution in [-0.4, -0.2) is 35.6 Å². The molecule has 3 nitrogen and oxygen atoms in total. The van der Waals surface area contributed by atoms with Crippen molar-refractivity contribution in [3.05, 3.63) is 0 Å². The maximum atomic E-state index is 10.8. The van der Waals surface area contributed by atoms with E-state index in [4.69, 9.17) is 9.47 Å². The van der Waals surface area contributed by atoms with Crippen molar-refractivity contribution in [1.29, 1.82) is 0 Å². The predicted molar refractivity (Wildman–Crippen MR) is 81.2 cm³/mol. The molecule has 0 bridgehead atoms. The third-order valence-corrected chi connectivity index (χ3v) is 9.09. The highest BCUT2D eigenvalue weighted by atomic mass is 16.6. The topological polar surface area (TPSA) is 45.3 Å². The minimum atomic E-state index is -0.198. The molecule has 122 valence electrons. The lowest BCUT2D eigenvalue weighted by atomic mass is 9.45. The summed E-state index contributed by atoms with van der Waals surface area (Å²) >= 11 is 0. The third-order valence-electron chi connectivity index (χ3n) is 9.09. The van der Waals surface area contributed by atoms with Crippen molar-refractivity contribution in [3.8, 4) is 0 Å². The highest BCUT2D eigenvalue weighted by Crippen LogP contribution is 2.70. The van der Waals surface area contributed by atoms with Crippen molar-refractivity contribution >= 4 is 0 Å². The third kappa shape index (κ3) is 1.37. The molecular weight excluding hydrogens is 276 g/mol. The van der Waals surface area contributed by atoms with Gasteiger partial charge in [-0.3, -0.25) is 0 Å². The van der Waals surface area contributed by atoms with Crippen molar-refractivity contribution in [3.63, 3.8) is 0 Å². The van der Waals surface area contributed by atoms with E-state index in [1.807, 2.05) is 0 Å². The molecule has 11 atom stereocenters. The van der Waals surface area contributed by atoms with E-state index in [9.17, 15) is 5.11 Å². The first-order chi connectivity index (χ1) is 10.5. The summed E-state index contributed by atoms with van der Waals surface area (Å²) in [5, 5.41) is 10.8. The molecule has 1 N–H and O–H groups in total. The molecule has 0 aromatic carbocycles. The quantitative estimate of drug-likeness (QED) is 0.700. The van der Waals surface area contributed by atoms with Crippen LogP contribution in [0.5, 0.6) is 0 Å². The fraction of sp³-hybridized carbons (Fsp3) is 1.00. The molecular formula is C19H28O3. The van der Waals surface area contributed by atoms with E-state index in [1.165, 1.54) is 38.5 Å². The van der Waals surface area contributed by atoms with E-state index in [1.54, 1.807) is 0 Å². The van der Waals surface area contributed by atoms with Gasteiger partial charge in [-0.25, -0.2) is 0 Å². The zero-order chi connectivity index (χ0) is 14.9. The van der Waals surface area contributed by atoms with Gasteiger partial charge in [-0.05, 0) is 67.6 Å². The fourth-order valence-corrected chi connectivity index (χ4v) is 7.89. The Labute approximate surface area is 132 Å². The highest BCUT2D eigenvalue weighted by molar-refractivity contribution is 5.20. The highest BCUT2D eigenvalue weighted by Gasteiger charge is 2.73. The Morgan fingerprint density at radius 2 is 1.86 bits per heavy atom. The normalized spacial score (nSPS) is 70.8. The molecule has 0 spiro atoms. The number of epoxide rings is 2. The summed E-state index contributed by atoms with van der Waals surface area (Å²) in [6, 6.07) is 0.